The number of nitrogens with one attached hydrogen (secondary N) is 1. The molecule has 0 heterocycles. The molecule has 0 amide bonds. The Morgan fingerprint density at radius 1 is 1.07 bits per heavy atom. The molecule has 0 fully saturated rings. The molecule has 0 aliphatic rings. The molecule has 146 valence electrons. The van der Waals surface area contributed by atoms with E-state index in [0.29, 0.717) is 11.6 Å². The van der Waals surface area contributed by atoms with Crippen molar-refractivity contribution in [3.8, 4) is 5.75 Å². The highest BCUT2D eigenvalue weighted by atomic mass is 32.2. The standard InChI is InChI=1S/C18H18F3NO4S/c1-25-10-11-26-17-8-7-15(18(19,20)21)13-16(17)22-27(23,24)12-9-14-5-3-2-4-6-14/h2-9,12-13,22H,10-11H2,1H3/b12-9+. The first-order valence-corrected chi connectivity index (χ1v) is 9.35. The molecule has 9 heteroatoms. The molecule has 5 nitrogen and oxygen atoms in total. The average molecular weight is 401 g/mol. The summed E-state index contributed by atoms with van der Waals surface area (Å²) < 4.78 is 75.6. The fraction of sp³-hybridized carbons (Fsp3) is 0.222. The van der Waals surface area contributed by atoms with Gasteiger partial charge in [-0.25, -0.2) is 8.42 Å². The second kappa shape index (κ2) is 8.92. The van der Waals surface area contributed by atoms with Crippen LogP contribution < -0.4 is 9.46 Å². The van der Waals surface area contributed by atoms with Crippen molar-refractivity contribution >= 4 is 21.8 Å². The van der Waals surface area contributed by atoms with Crippen LogP contribution in [0.1, 0.15) is 11.1 Å². The van der Waals surface area contributed by atoms with Crippen molar-refractivity contribution in [3.05, 3.63) is 65.1 Å². The number of benzene rings is 2. The van der Waals surface area contributed by atoms with Gasteiger partial charge in [0.25, 0.3) is 10.0 Å². The fourth-order valence-electron chi connectivity index (χ4n) is 2.07. The first-order chi connectivity index (χ1) is 12.7. The third kappa shape index (κ3) is 6.61. The van der Waals surface area contributed by atoms with Crippen LogP contribution in [0.15, 0.2) is 53.9 Å². The Balaban J connectivity index is 2.28. The second-order valence-electron chi connectivity index (χ2n) is 5.41. The molecular weight excluding hydrogens is 383 g/mol. The first-order valence-electron chi connectivity index (χ1n) is 7.80. The van der Waals surface area contributed by atoms with Gasteiger partial charge in [-0.2, -0.15) is 13.2 Å². The van der Waals surface area contributed by atoms with Gasteiger partial charge in [0.2, 0.25) is 0 Å². The quantitative estimate of drug-likeness (QED) is 0.675. The van der Waals surface area contributed by atoms with E-state index in [1.807, 2.05) is 0 Å². The Morgan fingerprint density at radius 3 is 2.41 bits per heavy atom. The number of sulfonamides is 1. The van der Waals surface area contributed by atoms with E-state index >= 15 is 0 Å². The van der Waals surface area contributed by atoms with Crippen molar-refractivity contribution in [1.82, 2.24) is 0 Å². The van der Waals surface area contributed by atoms with E-state index in [0.717, 1.165) is 17.5 Å². The predicted molar refractivity (Wildman–Crippen MR) is 96.8 cm³/mol. The molecule has 1 N–H and O–H groups in total. The first kappa shape index (κ1) is 20.8. The predicted octanol–water partition coefficient (Wildman–Crippen LogP) is 4.14. The van der Waals surface area contributed by atoms with Gasteiger partial charge < -0.3 is 9.47 Å². The lowest BCUT2D eigenvalue weighted by Gasteiger charge is -2.15. The number of ether oxygens (including phenoxy) is 2. The molecule has 0 bridgehead atoms. The maximum absolute atomic E-state index is 13.0. The van der Waals surface area contributed by atoms with Crippen molar-refractivity contribution in [2.75, 3.05) is 25.0 Å². The third-order valence-corrected chi connectivity index (χ3v) is 4.34. The minimum Gasteiger partial charge on any atom is -0.489 e. The molecule has 2 aromatic rings. The van der Waals surface area contributed by atoms with Crippen LogP contribution in [0, 0.1) is 0 Å². The minimum atomic E-state index is -4.62. The SMILES string of the molecule is COCCOc1ccc(C(F)(F)F)cc1NS(=O)(=O)/C=C/c1ccccc1. The smallest absolute Gasteiger partial charge is 0.416 e. The molecule has 27 heavy (non-hydrogen) atoms. The summed E-state index contributed by atoms with van der Waals surface area (Å²) in [6.07, 6.45) is -3.29. The summed E-state index contributed by atoms with van der Waals surface area (Å²) in [5.41, 5.74) is -0.673. The number of methoxy groups -OCH3 is 1. The molecule has 0 atom stereocenters. The summed E-state index contributed by atoms with van der Waals surface area (Å²) in [7, 11) is -2.62. The Bertz CT molecular complexity index is 881. The van der Waals surface area contributed by atoms with Gasteiger partial charge >= 0.3 is 6.18 Å². The van der Waals surface area contributed by atoms with Crippen LogP contribution in [0.2, 0.25) is 0 Å². The van der Waals surface area contributed by atoms with Gasteiger partial charge in [0.1, 0.15) is 12.4 Å². The van der Waals surface area contributed by atoms with E-state index in [1.165, 1.54) is 13.2 Å². The number of rotatable bonds is 8. The summed E-state index contributed by atoms with van der Waals surface area (Å²) in [5.74, 6) is -0.0308. The minimum absolute atomic E-state index is 0.0308. The van der Waals surface area contributed by atoms with Crippen molar-refractivity contribution in [2.24, 2.45) is 0 Å². The molecule has 0 saturated carbocycles. The highest BCUT2D eigenvalue weighted by Crippen LogP contribution is 2.35. The number of hydrogen-bond acceptors (Lipinski definition) is 4. The van der Waals surface area contributed by atoms with Crippen LogP contribution in [0.3, 0.4) is 0 Å². The summed E-state index contributed by atoms with van der Waals surface area (Å²) in [5, 5.41) is 0.877. The van der Waals surface area contributed by atoms with E-state index in [1.54, 1.807) is 30.3 Å². The molecule has 0 aliphatic carbocycles. The largest absolute Gasteiger partial charge is 0.489 e. The number of alkyl halides is 3. The zero-order chi connectivity index (χ0) is 19.9. The third-order valence-electron chi connectivity index (χ3n) is 3.34. The Labute approximate surface area is 155 Å². The highest BCUT2D eigenvalue weighted by molar-refractivity contribution is 7.95. The van der Waals surface area contributed by atoms with Gasteiger partial charge in [-0.15, -0.1) is 0 Å². The monoisotopic (exact) mass is 401 g/mol. The summed E-state index contributed by atoms with van der Waals surface area (Å²) in [6, 6.07) is 11.2. The summed E-state index contributed by atoms with van der Waals surface area (Å²) >= 11 is 0. The van der Waals surface area contributed by atoms with Crippen LogP contribution in [0.25, 0.3) is 6.08 Å². The van der Waals surface area contributed by atoms with E-state index in [9.17, 15) is 21.6 Å². The Hall–Kier alpha value is -2.52. The maximum Gasteiger partial charge on any atom is 0.416 e. The van der Waals surface area contributed by atoms with Crippen LogP contribution >= 0.6 is 0 Å². The van der Waals surface area contributed by atoms with Gasteiger partial charge in [0, 0.05) is 7.11 Å². The van der Waals surface area contributed by atoms with Crippen LogP contribution in [-0.4, -0.2) is 28.7 Å². The molecule has 0 aromatic heterocycles. The van der Waals surface area contributed by atoms with Gasteiger partial charge in [0.05, 0.1) is 23.3 Å². The Kier molecular flexibility index (Phi) is 6.86. The average Bonchev–Trinajstić information content (AvgIpc) is 2.61. The topological polar surface area (TPSA) is 64.6 Å². The molecule has 2 rings (SSSR count). The van der Waals surface area contributed by atoms with Crippen LogP contribution in [0.5, 0.6) is 5.75 Å². The van der Waals surface area contributed by atoms with Crippen molar-refractivity contribution in [1.29, 1.82) is 0 Å². The lowest BCUT2D eigenvalue weighted by molar-refractivity contribution is -0.137. The van der Waals surface area contributed by atoms with Crippen LogP contribution in [-0.2, 0) is 20.9 Å². The lowest BCUT2D eigenvalue weighted by atomic mass is 10.2. The van der Waals surface area contributed by atoms with E-state index < -0.39 is 21.8 Å². The van der Waals surface area contributed by atoms with Gasteiger partial charge in [-0.05, 0) is 29.8 Å². The molecule has 0 saturated heterocycles. The maximum atomic E-state index is 13.0. The van der Waals surface area contributed by atoms with Gasteiger partial charge in [-0.3, -0.25) is 4.72 Å². The van der Waals surface area contributed by atoms with Crippen LogP contribution in [0.4, 0.5) is 18.9 Å². The normalized spacial score (nSPS) is 12.3. The van der Waals surface area contributed by atoms with E-state index in [-0.39, 0.29) is 24.7 Å². The van der Waals surface area contributed by atoms with Crippen molar-refractivity contribution in [2.45, 2.75) is 6.18 Å². The van der Waals surface area contributed by atoms with E-state index in [4.69, 9.17) is 9.47 Å². The van der Waals surface area contributed by atoms with E-state index in [2.05, 4.69) is 4.72 Å². The Morgan fingerprint density at radius 2 is 1.78 bits per heavy atom. The number of halogens is 3. The summed E-state index contributed by atoms with van der Waals surface area (Å²) in [4.78, 5) is 0. The molecular formula is C18H18F3NO4S. The van der Waals surface area contributed by atoms with Gasteiger partial charge in [-0.1, -0.05) is 30.3 Å². The second-order valence-corrected chi connectivity index (χ2v) is 6.98. The zero-order valence-electron chi connectivity index (χ0n) is 14.4. The number of hydrogen-bond donors (Lipinski definition) is 1. The highest BCUT2D eigenvalue weighted by Gasteiger charge is 2.31. The molecule has 0 unspecified atom stereocenters. The van der Waals surface area contributed by atoms with Crippen molar-refractivity contribution in [3.63, 3.8) is 0 Å². The lowest BCUT2D eigenvalue weighted by Crippen LogP contribution is -2.13. The molecule has 0 aliphatic heterocycles. The van der Waals surface area contributed by atoms with Crippen molar-refractivity contribution < 1.29 is 31.1 Å². The van der Waals surface area contributed by atoms with Gasteiger partial charge in [0.15, 0.2) is 0 Å². The fourth-order valence-corrected chi connectivity index (χ4v) is 2.94. The zero-order valence-corrected chi connectivity index (χ0v) is 15.2. The summed E-state index contributed by atoms with van der Waals surface area (Å²) in [6.45, 7) is 0.248. The molecule has 2 aromatic carbocycles. The molecule has 0 radical (unpaired) electrons. The molecule has 0 spiro atoms. The number of anilines is 1.